The molecule has 1 aromatic heterocycles. The van der Waals surface area contributed by atoms with Gasteiger partial charge in [0.05, 0.1) is 45.8 Å². The number of ether oxygens (including phenoxy) is 13. The molecule has 0 radical (unpaired) electrons. The van der Waals surface area contributed by atoms with Crippen LogP contribution in [0.15, 0.2) is 42.6 Å². The van der Waals surface area contributed by atoms with Crippen molar-refractivity contribution in [2.75, 3.05) is 33.0 Å². The highest BCUT2D eigenvalue weighted by Gasteiger charge is 2.59. The number of phenols is 1. The lowest BCUT2D eigenvalue weighted by Gasteiger charge is -2.50. The normalized spacial score (nSPS) is 46.4. The van der Waals surface area contributed by atoms with Crippen molar-refractivity contribution < 1.29 is 153 Å². The number of aromatic hydroxyl groups is 1. The molecule has 34 heteroatoms. The van der Waals surface area contributed by atoms with Gasteiger partial charge < -0.3 is 153 Å². The maximum Gasteiger partial charge on any atom is 0.187 e. The molecule has 466 valence electrons. The summed E-state index contributed by atoms with van der Waals surface area (Å²) in [4.78, 5) is 0. The molecule has 25 rings (SSSR count). The topological polar surface area (TPSA) is 515 Å². The number of fused-ring (bicyclic) bond motifs is 1. The molecule has 0 aliphatic carbocycles. The second-order valence-corrected chi connectivity index (χ2v) is 21.1. The molecule has 0 saturated carbocycles. The van der Waals surface area contributed by atoms with Crippen molar-refractivity contribution in [3.8, 4) is 11.5 Å². The molecule has 22 aliphatic heterocycles. The number of aliphatic hydroxyl groups excluding tert-OH is 17. The van der Waals surface area contributed by atoms with Crippen molar-refractivity contribution >= 4 is 10.8 Å². The third kappa shape index (κ3) is 12.6. The third-order valence-electron chi connectivity index (χ3n) is 15.6. The van der Waals surface area contributed by atoms with Crippen molar-refractivity contribution in [1.82, 2.24) is 15.0 Å². The summed E-state index contributed by atoms with van der Waals surface area (Å²) in [5, 5.41) is 210. The summed E-state index contributed by atoms with van der Waals surface area (Å²) in [6.07, 6.45) is -57.8. The number of rotatable bonds is 10. The van der Waals surface area contributed by atoms with Gasteiger partial charge in [-0.15, -0.1) is 5.10 Å². The van der Waals surface area contributed by atoms with Gasteiger partial charge in [-0.2, -0.15) is 0 Å². The second kappa shape index (κ2) is 26.3. The lowest BCUT2D eigenvalue weighted by molar-refractivity contribution is -0.403. The minimum atomic E-state index is -2.19. The first-order valence-corrected chi connectivity index (χ1v) is 26.6. The smallest absolute Gasteiger partial charge is 0.187 e. The van der Waals surface area contributed by atoms with Crippen LogP contribution in [0, 0.1) is 0 Å². The monoisotopic (exact) mass is 1200 g/mol. The molecule has 22 fully saturated rings. The van der Waals surface area contributed by atoms with Gasteiger partial charge in [-0.05, 0) is 35.0 Å². The summed E-state index contributed by atoms with van der Waals surface area (Å²) in [5.74, 6) is 0.505. The molecule has 83 heavy (non-hydrogen) atoms. The van der Waals surface area contributed by atoms with E-state index in [-0.39, 0.29) is 18.1 Å². The van der Waals surface area contributed by atoms with Gasteiger partial charge in [-0.25, -0.2) is 4.68 Å². The van der Waals surface area contributed by atoms with E-state index < -0.39 is 224 Å². The van der Waals surface area contributed by atoms with Gasteiger partial charge in [0.15, 0.2) is 37.7 Å². The van der Waals surface area contributed by atoms with Gasteiger partial charge in [0.25, 0.3) is 0 Å². The van der Waals surface area contributed by atoms with Crippen LogP contribution in [0.4, 0.5) is 0 Å². The molecule has 34 nitrogen and oxygen atoms in total. The van der Waals surface area contributed by atoms with E-state index in [9.17, 15) is 91.9 Å². The summed E-state index contributed by atoms with van der Waals surface area (Å²) in [7, 11) is 0. The largest absolute Gasteiger partial charge is 0.508 e. The number of hydrogen-bond donors (Lipinski definition) is 18. The number of benzene rings is 2. The van der Waals surface area contributed by atoms with Crippen LogP contribution in [0.2, 0.25) is 0 Å². The summed E-state index contributed by atoms with van der Waals surface area (Å²) in [5.41, 5.74) is 0.251. The SMILES string of the molecule is OC[C@H]1O[C@@H]2O[C@H]3[C@H](O)[C@@H](O)[C@@H](O[C@H]4[C@H](O)[C@@H](O)[C@@H](O[C@H]5[C@H](O)[C@@H](O)[C@@H](O[C@H]6[C@H](O)[C@@H](O)[C@@H](O[C@H]7[C@H](O)[C@@H](O)[C@@H](O[C@H]1[C@H](O)[C@H]2O)O[C@@H]7CO)O[C@@H]6CO)O[C@@H]5Cn1cc(COc2ccc5cc(O)ccc5c2)nn1)O[C@@H]4CO)O[C@@H]3CO. The van der Waals surface area contributed by atoms with E-state index in [4.69, 9.17) is 61.6 Å². The molecule has 22 aliphatic rings. The standard InChI is InChI=1S/C49H69N3O31/c53-9-21-39-28(61)34(67)46(74-21)81-41-23(11-55)76-48(36(69)30(41)63)83-43-25(13-57)77-49(37(70)31(43)64)82-42-24(12-56)75-47(35(68)29(42)62)80-40-22(10-54)73-45(33(66)27(40)60)78-38-20(72-44(79-39)32(65)26(38)59)8-52-7-17(50-51-52)14-71-19-4-2-15-5-18(58)3-1-16(15)6-19/h1-7,20-49,53-70H,8-14H2/t20-,21-,22-,23-,24-,25-,26-,27-,28-,29-,30-,31-,32-,33-,34-,35-,36-,37-,38-,39-,40-,41-,42-,43-,44-,45-,46-,47-,48-,49-/m1/s1. The Bertz CT molecular complexity index is 2570. The van der Waals surface area contributed by atoms with Crippen LogP contribution < -0.4 is 4.74 Å². The fourth-order valence-corrected chi connectivity index (χ4v) is 11.1. The Morgan fingerprint density at radius 2 is 0.675 bits per heavy atom. The molecule has 18 N–H and O–H groups in total. The fraction of sp³-hybridized carbons (Fsp3) is 0.755. The van der Waals surface area contributed by atoms with Crippen molar-refractivity contribution in [1.29, 1.82) is 0 Å². The van der Waals surface area contributed by atoms with Gasteiger partial charge >= 0.3 is 0 Å². The van der Waals surface area contributed by atoms with Gasteiger partial charge in [0.2, 0.25) is 0 Å². The van der Waals surface area contributed by atoms with E-state index in [2.05, 4.69) is 10.3 Å². The van der Waals surface area contributed by atoms with Gasteiger partial charge in [0.1, 0.15) is 170 Å². The highest BCUT2D eigenvalue weighted by molar-refractivity contribution is 5.85. The average molecular weight is 1200 g/mol. The number of nitrogens with zero attached hydrogens (tertiary/aromatic N) is 3. The Morgan fingerprint density at radius 1 is 0.373 bits per heavy atom. The minimum absolute atomic E-state index is 0.0754. The van der Waals surface area contributed by atoms with Crippen molar-refractivity contribution in [2.45, 2.75) is 197 Å². The van der Waals surface area contributed by atoms with Gasteiger partial charge in [-0.1, -0.05) is 17.3 Å². The molecule has 0 unspecified atom stereocenters. The van der Waals surface area contributed by atoms with Crippen LogP contribution in [0.5, 0.6) is 11.5 Å². The zero-order valence-corrected chi connectivity index (χ0v) is 43.5. The minimum Gasteiger partial charge on any atom is -0.508 e. The number of aliphatic hydroxyl groups is 17. The van der Waals surface area contributed by atoms with Gasteiger partial charge in [0, 0.05) is 0 Å². The summed E-state index contributed by atoms with van der Waals surface area (Å²) >= 11 is 0. The number of aromatic nitrogens is 3. The quantitative estimate of drug-likeness (QED) is 0.0896. The van der Waals surface area contributed by atoms with Gasteiger partial charge in [-0.3, -0.25) is 0 Å². The summed E-state index contributed by atoms with van der Waals surface area (Å²) < 4.78 is 77.2. The molecular formula is C49H69N3O31. The van der Waals surface area contributed by atoms with E-state index in [1.807, 2.05) is 0 Å². The third-order valence-corrected chi connectivity index (χ3v) is 15.6. The van der Waals surface area contributed by atoms with Crippen LogP contribution in [-0.4, -0.2) is 324 Å². The highest BCUT2D eigenvalue weighted by Crippen LogP contribution is 2.39. The maximum absolute atomic E-state index is 11.9. The fourth-order valence-electron chi connectivity index (χ4n) is 11.1. The summed E-state index contributed by atoms with van der Waals surface area (Å²) in [6.45, 7) is -5.67. The van der Waals surface area contributed by atoms with Crippen LogP contribution in [0.25, 0.3) is 10.8 Å². The molecule has 30 atom stereocenters. The first-order valence-electron chi connectivity index (χ1n) is 26.6. The Labute approximate surface area is 468 Å². The molecule has 0 spiro atoms. The summed E-state index contributed by atoms with van der Waals surface area (Å²) in [6, 6.07) is 9.91. The van der Waals surface area contributed by atoms with Crippen LogP contribution >= 0.6 is 0 Å². The molecule has 23 heterocycles. The zero-order valence-electron chi connectivity index (χ0n) is 43.5. The molecule has 12 bridgehead atoms. The molecule has 3 aromatic rings. The molecule has 0 amide bonds. The number of phenolic OH excluding ortho intramolecular Hbond substituents is 1. The Hall–Kier alpha value is -3.72. The van der Waals surface area contributed by atoms with Crippen LogP contribution in [0.3, 0.4) is 0 Å². The lowest BCUT2D eigenvalue weighted by Crippen LogP contribution is -2.69. The Balaban J connectivity index is 0.942. The van der Waals surface area contributed by atoms with E-state index in [0.29, 0.717) is 5.75 Å². The van der Waals surface area contributed by atoms with Crippen molar-refractivity contribution in [2.24, 2.45) is 0 Å². The van der Waals surface area contributed by atoms with Crippen molar-refractivity contribution in [3.63, 3.8) is 0 Å². The second-order valence-electron chi connectivity index (χ2n) is 21.1. The predicted molar refractivity (Wildman–Crippen MR) is 259 cm³/mol. The van der Waals surface area contributed by atoms with E-state index in [1.165, 1.54) is 16.9 Å². The lowest BCUT2D eigenvalue weighted by atomic mass is 9.94. The zero-order chi connectivity index (χ0) is 59.3. The van der Waals surface area contributed by atoms with E-state index in [0.717, 1.165) is 10.8 Å². The number of hydrogen-bond acceptors (Lipinski definition) is 33. The first kappa shape index (κ1) is 62.3. The highest BCUT2D eigenvalue weighted by atomic mass is 16.8. The van der Waals surface area contributed by atoms with Crippen LogP contribution in [0.1, 0.15) is 5.69 Å². The molecular weight excluding hydrogens is 1130 g/mol. The Morgan fingerprint density at radius 3 is 1.01 bits per heavy atom. The first-order chi connectivity index (χ1) is 39.7. The van der Waals surface area contributed by atoms with Crippen LogP contribution in [-0.2, 0) is 70.0 Å². The Kier molecular flexibility index (Phi) is 19.8. The van der Waals surface area contributed by atoms with Crippen molar-refractivity contribution in [3.05, 3.63) is 48.3 Å². The predicted octanol–water partition coefficient (Wildman–Crippen LogP) is -10.3. The molecule has 22 saturated heterocycles. The average Bonchev–Trinajstić information content (AvgIpc) is 4.09. The molecule has 2 aromatic carbocycles. The maximum atomic E-state index is 11.9. The van der Waals surface area contributed by atoms with E-state index >= 15 is 0 Å². The van der Waals surface area contributed by atoms with E-state index in [1.54, 1.807) is 30.3 Å².